The Balaban J connectivity index is 1.42. The van der Waals surface area contributed by atoms with Crippen molar-refractivity contribution in [2.75, 3.05) is 33.3 Å². The molecule has 1 aliphatic rings. The van der Waals surface area contributed by atoms with Crippen LogP contribution in [0, 0.1) is 0 Å². The van der Waals surface area contributed by atoms with Crippen molar-refractivity contribution in [1.82, 2.24) is 25.1 Å². The number of quaternary nitrogens is 1. The number of ether oxygens (including phenoxy) is 1. The van der Waals surface area contributed by atoms with Gasteiger partial charge in [0, 0.05) is 6.42 Å². The Morgan fingerprint density at radius 1 is 1.23 bits per heavy atom. The minimum atomic E-state index is -0.0450. The highest BCUT2D eigenvalue weighted by atomic mass is 16.5. The number of carbonyl (C=O) groups is 1. The smallest absolute Gasteiger partial charge is 0.289 e. The SMILES string of the molecule is CC[C@H](c1nnnn1Cc1ccc(OC)cc1)[NH+]1CCN(C(=O)c2ccco2)CC1. The van der Waals surface area contributed by atoms with Crippen LogP contribution in [0.15, 0.2) is 47.1 Å². The van der Waals surface area contributed by atoms with E-state index in [0.29, 0.717) is 25.4 Å². The molecule has 4 rings (SSSR count). The van der Waals surface area contributed by atoms with Crippen LogP contribution in [-0.4, -0.2) is 64.3 Å². The van der Waals surface area contributed by atoms with Crippen LogP contribution in [0.25, 0.3) is 0 Å². The number of aromatic nitrogens is 4. The van der Waals surface area contributed by atoms with Crippen LogP contribution in [0.4, 0.5) is 0 Å². The molecule has 0 bridgehead atoms. The molecule has 1 amide bonds. The molecule has 30 heavy (non-hydrogen) atoms. The molecule has 1 saturated heterocycles. The predicted octanol–water partition coefficient (Wildman–Crippen LogP) is 0.815. The fraction of sp³-hybridized carbons (Fsp3) is 0.429. The summed E-state index contributed by atoms with van der Waals surface area (Å²) in [5, 5.41) is 12.5. The van der Waals surface area contributed by atoms with Gasteiger partial charge in [-0.2, -0.15) is 0 Å². The van der Waals surface area contributed by atoms with E-state index < -0.39 is 0 Å². The van der Waals surface area contributed by atoms with Crippen molar-refractivity contribution in [3.8, 4) is 5.75 Å². The molecule has 158 valence electrons. The summed E-state index contributed by atoms with van der Waals surface area (Å²) in [6, 6.07) is 11.6. The van der Waals surface area contributed by atoms with Gasteiger partial charge in [0.05, 0.1) is 46.1 Å². The molecule has 1 fully saturated rings. The highest BCUT2D eigenvalue weighted by Gasteiger charge is 2.33. The summed E-state index contributed by atoms with van der Waals surface area (Å²) in [6.07, 6.45) is 2.45. The van der Waals surface area contributed by atoms with Crippen molar-refractivity contribution < 1.29 is 18.8 Å². The summed E-state index contributed by atoms with van der Waals surface area (Å²) in [4.78, 5) is 15.8. The molecule has 2 aromatic heterocycles. The lowest BCUT2D eigenvalue weighted by molar-refractivity contribution is -0.936. The van der Waals surface area contributed by atoms with Gasteiger partial charge in [-0.05, 0) is 40.3 Å². The van der Waals surface area contributed by atoms with Gasteiger partial charge in [0.15, 0.2) is 5.76 Å². The van der Waals surface area contributed by atoms with Crippen molar-refractivity contribution in [1.29, 1.82) is 0 Å². The van der Waals surface area contributed by atoms with Gasteiger partial charge in [0.1, 0.15) is 11.8 Å². The second kappa shape index (κ2) is 9.08. The van der Waals surface area contributed by atoms with Crippen molar-refractivity contribution in [2.24, 2.45) is 0 Å². The normalized spacial score (nSPS) is 15.9. The molecule has 9 heteroatoms. The topological polar surface area (TPSA) is 90.7 Å². The summed E-state index contributed by atoms with van der Waals surface area (Å²) in [6.45, 7) is 5.83. The summed E-state index contributed by atoms with van der Waals surface area (Å²) in [5.41, 5.74) is 1.11. The number of methoxy groups -OCH3 is 1. The van der Waals surface area contributed by atoms with E-state index in [4.69, 9.17) is 9.15 Å². The first kappa shape index (κ1) is 20.1. The summed E-state index contributed by atoms with van der Waals surface area (Å²) in [5.74, 6) is 2.06. The largest absolute Gasteiger partial charge is 0.497 e. The number of benzene rings is 1. The first-order valence-corrected chi connectivity index (χ1v) is 10.3. The summed E-state index contributed by atoms with van der Waals surface area (Å²) < 4.78 is 12.4. The van der Waals surface area contributed by atoms with Crippen molar-refractivity contribution in [2.45, 2.75) is 25.9 Å². The van der Waals surface area contributed by atoms with E-state index in [1.807, 2.05) is 33.8 Å². The number of piperazine rings is 1. The molecular weight excluding hydrogens is 384 g/mol. The van der Waals surface area contributed by atoms with Crippen LogP contribution in [0.5, 0.6) is 5.75 Å². The average Bonchev–Trinajstić information content (AvgIpc) is 3.48. The Hall–Kier alpha value is -3.20. The molecule has 0 aliphatic carbocycles. The number of carbonyl (C=O) groups excluding carboxylic acids is 1. The van der Waals surface area contributed by atoms with E-state index in [0.717, 1.165) is 36.6 Å². The molecule has 3 heterocycles. The second-order valence-corrected chi connectivity index (χ2v) is 7.43. The van der Waals surface area contributed by atoms with Crippen LogP contribution in [-0.2, 0) is 6.54 Å². The minimum absolute atomic E-state index is 0.0450. The molecule has 1 aromatic carbocycles. The Kier molecular flexibility index (Phi) is 6.08. The number of rotatable bonds is 7. The van der Waals surface area contributed by atoms with E-state index >= 15 is 0 Å². The van der Waals surface area contributed by atoms with Gasteiger partial charge in [-0.15, -0.1) is 5.10 Å². The third-order valence-electron chi connectivity index (χ3n) is 5.69. The number of tetrazole rings is 1. The molecule has 1 aliphatic heterocycles. The fourth-order valence-corrected chi connectivity index (χ4v) is 4.03. The van der Waals surface area contributed by atoms with Crippen LogP contribution in [0.2, 0.25) is 0 Å². The van der Waals surface area contributed by atoms with Crippen LogP contribution in [0.3, 0.4) is 0 Å². The molecule has 9 nitrogen and oxygen atoms in total. The first-order valence-electron chi connectivity index (χ1n) is 10.3. The molecule has 1 atom stereocenters. The highest BCUT2D eigenvalue weighted by molar-refractivity contribution is 5.91. The Morgan fingerprint density at radius 3 is 2.63 bits per heavy atom. The lowest BCUT2D eigenvalue weighted by Gasteiger charge is -2.35. The molecular formula is C21H27N6O3+. The first-order chi connectivity index (χ1) is 14.7. The maximum absolute atomic E-state index is 12.5. The number of furan rings is 1. The zero-order valence-corrected chi connectivity index (χ0v) is 17.3. The summed E-state index contributed by atoms with van der Waals surface area (Å²) in [7, 11) is 1.66. The molecule has 0 spiro atoms. The maximum atomic E-state index is 12.5. The maximum Gasteiger partial charge on any atom is 0.289 e. The fourth-order valence-electron chi connectivity index (χ4n) is 4.03. The number of amides is 1. The number of hydrogen-bond acceptors (Lipinski definition) is 6. The number of nitrogens with one attached hydrogen (secondary N) is 1. The molecule has 0 radical (unpaired) electrons. The third-order valence-corrected chi connectivity index (χ3v) is 5.69. The van der Waals surface area contributed by atoms with Gasteiger partial charge in [0.2, 0.25) is 5.82 Å². The minimum Gasteiger partial charge on any atom is -0.497 e. The Bertz CT molecular complexity index is 946. The summed E-state index contributed by atoms with van der Waals surface area (Å²) >= 11 is 0. The van der Waals surface area contributed by atoms with E-state index in [9.17, 15) is 4.79 Å². The number of nitrogens with zero attached hydrogens (tertiary/aromatic N) is 5. The van der Waals surface area contributed by atoms with Gasteiger partial charge in [-0.3, -0.25) is 4.79 Å². The van der Waals surface area contributed by atoms with Gasteiger partial charge in [-0.1, -0.05) is 19.1 Å². The van der Waals surface area contributed by atoms with E-state index in [1.165, 1.54) is 11.2 Å². The third kappa shape index (κ3) is 4.20. The molecule has 0 unspecified atom stereocenters. The highest BCUT2D eigenvalue weighted by Crippen LogP contribution is 2.15. The Labute approximate surface area is 175 Å². The van der Waals surface area contributed by atoms with Crippen LogP contribution in [0.1, 0.15) is 41.3 Å². The van der Waals surface area contributed by atoms with E-state index in [2.05, 4.69) is 22.4 Å². The monoisotopic (exact) mass is 411 g/mol. The van der Waals surface area contributed by atoms with Gasteiger partial charge in [0.25, 0.3) is 5.91 Å². The molecule has 0 saturated carbocycles. The number of hydrogen-bond donors (Lipinski definition) is 1. The van der Waals surface area contributed by atoms with Crippen molar-refractivity contribution >= 4 is 5.91 Å². The zero-order chi connectivity index (χ0) is 20.9. The lowest BCUT2D eigenvalue weighted by atomic mass is 10.1. The predicted molar refractivity (Wildman–Crippen MR) is 108 cm³/mol. The second-order valence-electron chi connectivity index (χ2n) is 7.43. The van der Waals surface area contributed by atoms with Gasteiger partial charge >= 0.3 is 0 Å². The van der Waals surface area contributed by atoms with Gasteiger partial charge < -0.3 is 19.0 Å². The average molecular weight is 411 g/mol. The molecule has 1 N–H and O–H groups in total. The zero-order valence-electron chi connectivity index (χ0n) is 17.3. The van der Waals surface area contributed by atoms with Crippen molar-refractivity contribution in [3.05, 3.63) is 59.8 Å². The van der Waals surface area contributed by atoms with Gasteiger partial charge in [-0.25, -0.2) is 4.68 Å². The van der Waals surface area contributed by atoms with E-state index in [1.54, 1.807) is 19.2 Å². The quantitative estimate of drug-likeness (QED) is 0.619. The Morgan fingerprint density at radius 2 is 2.00 bits per heavy atom. The van der Waals surface area contributed by atoms with Crippen LogP contribution < -0.4 is 9.64 Å². The standard InChI is InChI=1S/C21H26N6O3/c1-3-18(25-10-12-26(13-11-25)21(28)19-5-4-14-30-19)20-22-23-24-27(20)15-16-6-8-17(29-2)9-7-16/h4-9,14,18H,3,10-13,15H2,1-2H3/p+1/t18-/m1/s1. The van der Waals surface area contributed by atoms with Crippen molar-refractivity contribution in [3.63, 3.8) is 0 Å². The lowest BCUT2D eigenvalue weighted by Crippen LogP contribution is -3.15. The van der Waals surface area contributed by atoms with Crippen LogP contribution >= 0.6 is 0 Å². The molecule has 3 aromatic rings. The van der Waals surface area contributed by atoms with E-state index in [-0.39, 0.29) is 11.9 Å².